The van der Waals surface area contributed by atoms with Crippen molar-refractivity contribution in [3.63, 3.8) is 0 Å². The number of nitrogens with one attached hydrogen (secondary N) is 1. The Morgan fingerprint density at radius 2 is 2.07 bits per heavy atom. The molecular weight excluding hydrogens is 186 g/mol. The number of ether oxygens (including phenoxy) is 1. The topological polar surface area (TPSA) is 21.3 Å². The Kier molecular flexibility index (Phi) is 4.19. The second-order valence-electron chi connectivity index (χ2n) is 6.02. The van der Waals surface area contributed by atoms with Gasteiger partial charge in [-0.25, -0.2) is 0 Å². The molecule has 1 aliphatic heterocycles. The van der Waals surface area contributed by atoms with Crippen LogP contribution >= 0.6 is 0 Å². The van der Waals surface area contributed by atoms with E-state index in [2.05, 4.69) is 39.9 Å². The predicted molar refractivity (Wildman–Crippen MR) is 65.1 cm³/mol. The third-order valence-corrected chi connectivity index (χ3v) is 3.87. The summed E-state index contributed by atoms with van der Waals surface area (Å²) in [6.07, 6.45) is 3.74. The number of rotatable bonds is 4. The average molecular weight is 213 g/mol. The molecular formula is C13H27NO. The van der Waals surface area contributed by atoms with Crippen LogP contribution in [0.1, 0.15) is 53.9 Å². The zero-order valence-electron chi connectivity index (χ0n) is 11.0. The van der Waals surface area contributed by atoms with E-state index >= 15 is 0 Å². The first-order valence-corrected chi connectivity index (χ1v) is 6.25. The summed E-state index contributed by atoms with van der Waals surface area (Å²) in [5, 5.41) is 3.58. The number of hydrogen-bond donors (Lipinski definition) is 1. The Morgan fingerprint density at radius 3 is 2.60 bits per heavy atom. The maximum atomic E-state index is 5.81. The maximum absolute atomic E-state index is 5.81. The minimum atomic E-state index is 0.00205. The first-order chi connectivity index (χ1) is 6.87. The molecule has 0 amide bonds. The molecule has 1 fully saturated rings. The normalized spacial score (nSPS) is 26.6. The standard InChI is InChI=1S/C13H27NO/c1-6-12(2,3)8-7-11-13(4,5)15-10-9-14-11/h11,14H,6-10H2,1-5H3. The summed E-state index contributed by atoms with van der Waals surface area (Å²) in [5.74, 6) is 0. The minimum absolute atomic E-state index is 0.00205. The molecule has 0 aromatic carbocycles. The van der Waals surface area contributed by atoms with Crippen LogP contribution in [-0.4, -0.2) is 24.8 Å². The molecule has 2 heteroatoms. The van der Waals surface area contributed by atoms with Crippen molar-refractivity contribution < 1.29 is 4.74 Å². The first kappa shape index (κ1) is 13.0. The van der Waals surface area contributed by atoms with Crippen molar-refractivity contribution in [2.45, 2.75) is 65.5 Å². The minimum Gasteiger partial charge on any atom is -0.373 e. The molecule has 1 saturated heterocycles. The van der Waals surface area contributed by atoms with E-state index in [4.69, 9.17) is 4.74 Å². The molecule has 90 valence electrons. The Labute approximate surface area is 94.8 Å². The van der Waals surface area contributed by atoms with E-state index in [0.717, 1.165) is 13.2 Å². The lowest BCUT2D eigenvalue weighted by atomic mass is 9.81. The fourth-order valence-electron chi connectivity index (χ4n) is 2.06. The first-order valence-electron chi connectivity index (χ1n) is 6.25. The van der Waals surface area contributed by atoms with Gasteiger partial charge in [0.05, 0.1) is 12.2 Å². The smallest absolute Gasteiger partial charge is 0.0779 e. The van der Waals surface area contributed by atoms with Crippen molar-refractivity contribution >= 4 is 0 Å². The Bertz CT molecular complexity index is 199. The van der Waals surface area contributed by atoms with Crippen LogP contribution in [0.3, 0.4) is 0 Å². The predicted octanol–water partition coefficient (Wildman–Crippen LogP) is 2.97. The molecule has 1 atom stereocenters. The van der Waals surface area contributed by atoms with E-state index < -0.39 is 0 Å². The molecule has 1 aliphatic rings. The fraction of sp³-hybridized carbons (Fsp3) is 1.00. The Balaban J connectivity index is 2.43. The van der Waals surface area contributed by atoms with Crippen LogP contribution in [0.5, 0.6) is 0 Å². The number of morpholine rings is 1. The molecule has 1 N–H and O–H groups in total. The number of hydrogen-bond acceptors (Lipinski definition) is 2. The highest BCUT2D eigenvalue weighted by Crippen LogP contribution is 2.30. The SMILES string of the molecule is CCC(C)(C)CCC1NCCOC1(C)C. The van der Waals surface area contributed by atoms with Crippen LogP contribution in [0.4, 0.5) is 0 Å². The van der Waals surface area contributed by atoms with Crippen molar-refractivity contribution in [1.82, 2.24) is 5.32 Å². The van der Waals surface area contributed by atoms with Crippen LogP contribution in [0.25, 0.3) is 0 Å². The van der Waals surface area contributed by atoms with Gasteiger partial charge in [-0.1, -0.05) is 27.2 Å². The summed E-state index contributed by atoms with van der Waals surface area (Å²) in [5.41, 5.74) is 0.470. The van der Waals surface area contributed by atoms with Gasteiger partial charge in [0.15, 0.2) is 0 Å². The van der Waals surface area contributed by atoms with Crippen LogP contribution in [0.2, 0.25) is 0 Å². The monoisotopic (exact) mass is 213 g/mol. The zero-order chi connectivity index (χ0) is 11.5. The third kappa shape index (κ3) is 3.76. The van der Waals surface area contributed by atoms with Crippen LogP contribution < -0.4 is 5.32 Å². The highest BCUT2D eigenvalue weighted by atomic mass is 16.5. The Morgan fingerprint density at radius 1 is 1.40 bits per heavy atom. The Hall–Kier alpha value is -0.0800. The van der Waals surface area contributed by atoms with Gasteiger partial charge in [-0.2, -0.15) is 0 Å². The molecule has 0 aromatic rings. The van der Waals surface area contributed by atoms with Crippen molar-refractivity contribution in [3.8, 4) is 0 Å². The summed E-state index contributed by atoms with van der Waals surface area (Å²) in [7, 11) is 0. The van der Waals surface area contributed by atoms with Crippen molar-refractivity contribution in [2.75, 3.05) is 13.2 Å². The molecule has 0 saturated carbocycles. The van der Waals surface area contributed by atoms with E-state index in [1.54, 1.807) is 0 Å². The summed E-state index contributed by atoms with van der Waals surface area (Å²) in [4.78, 5) is 0. The molecule has 1 heterocycles. The van der Waals surface area contributed by atoms with Crippen molar-refractivity contribution in [1.29, 1.82) is 0 Å². The van der Waals surface area contributed by atoms with Crippen LogP contribution in [-0.2, 0) is 4.74 Å². The van der Waals surface area contributed by atoms with E-state index in [-0.39, 0.29) is 5.60 Å². The highest BCUT2D eigenvalue weighted by molar-refractivity contribution is 4.89. The second-order valence-corrected chi connectivity index (χ2v) is 6.02. The van der Waals surface area contributed by atoms with Gasteiger partial charge in [-0.15, -0.1) is 0 Å². The summed E-state index contributed by atoms with van der Waals surface area (Å²) in [6, 6.07) is 0.511. The van der Waals surface area contributed by atoms with Gasteiger partial charge in [-0.3, -0.25) is 0 Å². The zero-order valence-corrected chi connectivity index (χ0v) is 11.0. The molecule has 0 radical (unpaired) electrons. The average Bonchev–Trinajstić information content (AvgIpc) is 2.16. The second kappa shape index (κ2) is 4.84. The van der Waals surface area contributed by atoms with Crippen molar-refractivity contribution in [3.05, 3.63) is 0 Å². The quantitative estimate of drug-likeness (QED) is 0.775. The fourth-order valence-corrected chi connectivity index (χ4v) is 2.06. The van der Waals surface area contributed by atoms with Gasteiger partial charge in [0, 0.05) is 12.6 Å². The maximum Gasteiger partial charge on any atom is 0.0779 e. The molecule has 2 nitrogen and oxygen atoms in total. The van der Waals surface area contributed by atoms with Crippen LogP contribution in [0.15, 0.2) is 0 Å². The molecule has 0 spiro atoms. The molecule has 1 rings (SSSR count). The lowest BCUT2D eigenvalue weighted by Crippen LogP contribution is -2.54. The van der Waals surface area contributed by atoms with Gasteiger partial charge in [0.1, 0.15) is 0 Å². The molecule has 1 unspecified atom stereocenters. The van der Waals surface area contributed by atoms with Gasteiger partial charge < -0.3 is 10.1 Å². The summed E-state index contributed by atoms with van der Waals surface area (Å²) < 4.78 is 5.81. The summed E-state index contributed by atoms with van der Waals surface area (Å²) in [6.45, 7) is 13.2. The summed E-state index contributed by atoms with van der Waals surface area (Å²) >= 11 is 0. The largest absolute Gasteiger partial charge is 0.373 e. The molecule has 15 heavy (non-hydrogen) atoms. The van der Waals surface area contributed by atoms with Gasteiger partial charge >= 0.3 is 0 Å². The van der Waals surface area contributed by atoms with E-state index in [1.807, 2.05) is 0 Å². The van der Waals surface area contributed by atoms with Crippen molar-refractivity contribution in [2.24, 2.45) is 5.41 Å². The van der Waals surface area contributed by atoms with E-state index in [1.165, 1.54) is 19.3 Å². The third-order valence-electron chi connectivity index (χ3n) is 3.87. The lowest BCUT2D eigenvalue weighted by Gasteiger charge is -2.40. The van der Waals surface area contributed by atoms with E-state index in [0.29, 0.717) is 11.5 Å². The van der Waals surface area contributed by atoms with Gasteiger partial charge in [0.25, 0.3) is 0 Å². The molecule has 0 aromatic heterocycles. The van der Waals surface area contributed by atoms with Crippen LogP contribution in [0, 0.1) is 5.41 Å². The highest BCUT2D eigenvalue weighted by Gasteiger charge is 2.33. The molecule has 0 bridgehead atoms. The van der Waals surface area contributed by atoms with Gasteiger partial charge in [-0.05, 0) is 32.1 Å². The van der Waals surface area contributed by atoms with E-state index in [9.17, 15) is 0 Å². The lowest BCUT2D eigenvalue weighted by molar-refractivity contribution is -0.0748. The molecule has 0 aliphatic carbocycles. The van der Waals surface area contributed by atoms with Gasteiger partial charge in [0.2, 0.25) is 0 Å².